The number of nitrogens with two attached hydrogens (primary N) is 1. The smallest absolute Gasteiger partial charge is 0.122 e. The van der Waals surface area contributed by atoms with Gasteiger partial charge in [-0.2, -0.15) is 10.4 Å². The van der Waals surface area contributed by atoms with Gasteiger partial charge in [0.2, 0.25) is 0 Å². The van der Waals surface area contributed by atoms with Gasteiger partial charge in [-0.25, -0.2) is 0 Å². The fourth-order valence-corrected chi connectivity index (χ4v) is 2.11. The molecule has 5 heteroatoms. The van der Waals surface area contributed by atoms with E-state index in [0.29, 0.717) is 11.4 Å². The quantitative estimate of drug-likeness (QED) is 0.892. The van der Waals surface area contributed by atoms with Crippen LogP contribution in [0, 0.1) is 32.1 Å². The Balaban J connectivity index is 2.23. The topological polar surface area (TPSA) is 72.6 Å². The molecule has 0 atom stereocenters. The van der Waals surface area contributed by atoms with Gasteiger partial charge < -0.3 is 10.3 Å². The van der Waals surface area contributed by atoms with Gasteiger partial charge in [0.05, 0.1) is 18.3 Å². The van der Waals surface area contributed by atoms with E-state index in [0.717, 1.165) is 29.9 Å². The summed E-state index contributed by atoms with van der Waals surface area (Å²) in [7, 11) is 0. The van der Waals surface area contributed by atoms with Gasteiger partial charge in [-0.1, -0.05) is 0 Å². The molecule has 5 nitrogen and oxygen atoms in total. The van der Waals surface area contributed by atoms with Gasteiger partial charge in [-0.3, -0.25) is 4.68 Å². The first-order valence-corrected chi connectivity index (χ1v) is 5.89. The number of aryl methyl sites for hydroxylation is 2. The lowest BCUT2D eigenvalue weighted by atomic mass is 10.2. The summed E-state index contributed by atoms with van der Waals surface area (Å²) in [5.74, 6) is 0.552. The zero-order valence-electron chi connectivity index (χ0n) is 10.9. The molecule has 0 saturated heterocycles. The van der Waals surface area contributed by atoms with Gasteiger partial charge in [0, 0.05) is 18.4 Å². The van der Waals surface area contributed by atoms with Crippen LogP contribution in [0.2, 0.25) is 0 Å². The van der Waals surface area contributed by atoms with Crippen LogP contribution in [0.25, 0.3) is 0 Å². The van der Waals surface area contributed by atoms with Gasteiger partial charge in [0.25, 0.3) is 0 Å². The molecule has 0 spiro atoms. The SMILES string of the molecule is Cc1cnn(CCn2c(C)c(C)c(C#N)c2N)c1. The Hall–Kier alpha value is -2.22. The molecule has 0 aliphatic heterocycles. The van der Waals surface area contributed by atoms with Gasteiger partial charge in [0.1, 0.15) is 11.9 Å². The third-order valence-corrected chi connectivity index (χ3v) is 3.30. The highest BCUT2D eigenvalue weighted by atomic mass is 15.3. The normalized spacial score (nSPS) is 10.6. The predicted octanol–water partition coefficient (Wildman–Crippen LogP) is 1.76. The van der Waals surface area contributed by atoms with E-state index >= 15 is 0 Å². The van der Waals surface area contributed by atoms with Crippen molar-refractivity contribution in [1.29, 1.82) is 5.26 Å². The first-order chi connectivity index (χ1) is 8.54. The second kappa shape index (κ2) is 4.57. The van der Waals surface area contributed by atoms with E-state index in [1.54, 1.807) is 0 Å². The number of nitrogens with zero attached hydrogens (tertiary/aromatic N) is 4. The molecule has 0 unspecified atom stereocenters. The number of anilines is 1. The summed E-state index contributed by atoms with van der Waals surface area (Å²) in [4.78, 5) is 0. The van der Waals surface area contributed by atoms with Gasteiger partial charge in [-0.05, 0) is 31.9 Å². The summed E-state index contributed by atoms with van der Waals surface area (Å²) in [5, 5.41) is 13.3. The molecule has 18 heavy (non-hydrogen) atoms. The van der Waals surface area contributed by atoms with Crippen molar-refractivity contribution in [3.63, 3.8) is 0 Å². The molecule has 0 radical (unpaired) electrons. The summed E-state index contributed by atoms with van der Waals surface area (Å²) >= 11 is 0. The minimum Gasteiger partial charge on any atom is -0.384 e. The van der Waals surface area contributed by atoms with E-state index in [1.807, 2.05) is 42.4 Å². The molecule has 2 heterocycles. The zero-order chi connectivity index (χ0) is 13.3. The van der Waals surface area contributed by atoms with Crippen LogP contribution in [0.4, 0.5) is 5.82 Å². The van der Waals surface area contributed by atoms with Crippen molar-refractivity contribution in [3.05, 3.63) is 34.8 Å². The average Bonchev–Trinajstić information content (AvgIpc) is 2.83. The first-order valence-electron chi connectivity index (χ1n) is 5.89. The number of nitrogen functional groups attached to an aromatic ring is 1. The van der Waals surface area contributed by atoms with E-state index in [2.05, 4.69) is 11.2 Å². The maximum absolute atomic E-state index is 9.06. The standard InChI is InChI=1S/C13H17N5/c1-9-7-16-17(8-9)4-5-18-11(3)10(2)12(6-14)13(18)15/h7-8H,4-5,15H2,1-3H3. The van der Waals surface area contributed by atoms with Crippen LogP contribution in [-0.4, -0.2) is 14.3 Å². The summed E-state index contributed by atoms with van der Waals surface area (Å²) in [6, 6.07) is 2.16. The van der Waals surface area contributed by atoms with Crippen LogP contribution in [0.15, 0.2) is 12.4 Å². The highest BCUT2D eigenvalue weighted by Crippen LogP contribution is 2.23. The number of rotatable bonds is 3. The largest absolute Gasteiger partial charge is 0.384 e. The van der Waals surface area contributed by atoms with Crippen molar-refractivity contribution in [3.8, 4) is 6.07 Å². The van der Waals surface area contributed by atoms with Crippen molar-refractivity contribution < 1.29 is 0 Å². The third kappa shape index (κ3) is 1.97. The molecule has 0 aliphatic rings. The van der Waals surface area contributed by atoms with Crippen molar-refractivity contribution in [1.82, 2.24) is 14.3 Å². The van der Waals surface area contributed by atoms with Crippen LogP contribution in [0.5, 0.6) is 0 Å². The Bertz CT molecular complexity index is 612. The molecule has 0 aliphatic carbocycles. The van der Waals surface area contributed by atoms with Gasteiger partial charge in [0.15, 0.2) is 0 Å². The fraction of sp³-hybridized carbons (Fsp3) is 0.385. The zero-order valence-corrected chi connectivity index (χ0v) is 10.9. The van der Waals surface area contributed by atoms with Crippen LogP contribution in [-0.2, 0) is 13.1 Å². The van der Waals surface area contributed by atoms with Crippen molar-refractivity contribution >= 4 is 5.82 Å². The molecule has 2 rings (SSSR count). The number of nitriles is 1. The molecular weight excluding hydrogens is 226 g/mol. The second-order valence-electron chi connectivity index (χ2n) is 4.51. The molecule has 2 N–H and O–H groups in total. The first kappa shape index (κ1) is 12.2. The van der Waals surface area contributed by atoms with Crippen LogP contribution in [0.1, 0.15) is 22.4 Å². The molecule has 0 amide bonds. The number of hydrogen-bond acceptors (Lipinski definition) is 3. The van der Waals surface area contributed by atoms with Crippen molar-refractivity contribution in [2.45, 2.75) is 33.9 Å². The molecule has 2 aromatic rings. The van der Waals surface area contributed by atoms with Crippen LogP contribution in [0.3, 0.4) is 0 Å². The van der Waals surface area contributed by atoms with Crippen molar-refractivity contribution in [2.75, 3.05) is 5.73 Å². The highest BCUT2D eigenvalue weighted by molar-refractivity contribution is 5.57. The Labute approximate surface area is 106 Å². The average molecular weight is 243 g/mol. The number of hydrogen-bond donors (Lipinski definition) is 1. The fourth-order valence-electron chi connectivity index (χ4n) is 2.11. The van der Waals surface area contributed by atoms with E-state index in [4.69, 9.17) is 11.0 Å². The van der Waals surface area contributed by atoms with E-state index in [1.165, 1.54) is 0 Å². The third-order valence-electron chi connectivity index (χ3n) is 3.30. The molecule has 2 aromatic heterocycles. The molecule has 0 bridgehead atoms. The minimum atomic E-state index is 0.552. The molecule has 0 aromatic carbocycles. The lowest BCUT2D eigenvalue weighted by molar-refractivity contribution is 0.531. The van der Waals surface area contributed by atoms with E-state index in [9.17, 15) is 0 Å². The van der Waals surface area contributed by atoms with Crippen LogP contribution >= 0.6 is 0 Å². The molecule has 0 fully saturated rings. The maximum atomic E-state index is 9.06. The lowest BCUT2D eigenvalue weighted by Crippen LogP contribution is -2.11. The molecule has 94 valence electrons. The Morgan fingerprint density at radius 1 is 1.33 bits per heavy atom. The van der Waals surface area contributed by atoms with Crippen molar-refractivity contribution in [2.24, 2.45) is 0 Å². The lowest BCUT2D eigenvalue weighted by Gasteiger charge is -2.09. The molecular formula is C13H17N5. The van der Waals surface area contributed by atoms with Gasteiger partial charge in [-0.15, -0.1) is 0 Å². The Morgan fingerprint density at radius 3 is 2.56 bits per heavy atom. The Morgan fingerprint density at radius 2 is 2.06 bits per heavy atom. The Kier molecular flexibility index (Phi) is 3.11. The second-order valence-corrected chi connectivity index (χ2v) is 4.51. The van der Waals surface area contributed by atoms with Gasteiger partial charge >= 0.3 is 0 Å². The summed E-state index contributed by atoms with van der Waals surface area (Å²) < 4.78 is 3.86. The number of aromatic nitrogens is 3. The summed E-state index contributed by atoms with van der Waals surface area (Å²) in [6.07, 6.45) is 3.82. The minimum absolute atomic E-state index is 0.552. The van der Waals surface area contributed by atoms with Crippen LogP contribution < -0.4 is 5.73 Å². The summed E-state index contributed by atoms with van der Waals surface area (Å²) in [6.45, 7) is 7.40. The molecule has 0 saturated carbocycles. The monoisotopic (exact) mass is 243 g/mol. The summed E-state index contributed by atoms with van der Waals surface area (Å²) in [5.41, 5.74) is 9.74. The predicted molar refractivity (Wildman–Crippen MR) is 70.0 cm³/mol. The maximum Gasteiger partial charge on any atom is 0.122 e. The van der Waals surface area contributed by atoms with E-state index in [-0.39, 0.29) is 0 Å². The van der Waals surface area contributed by atoms with E-state index < -0.39 is 0 Å². The highest BCUT2D eigenvalue weighted by Gasteiger charge is 2.14.